The molecule has 4 nitrogen and oxygen atoms in total. The van der Waals surface area contributed by atoms with E-state index in [1.54, 1.807) is 0 Å². The first kappa shape index (κ1) is 15.0. The Morgan fingerprint density at radius 3 is 2.95 bits per heavy atom. The van der Waals surface area contributed by atoms with Gasteiger partial charge in [-0.1, -0.05) is 30.3 Å². The standard InChI is InChI=1S/C17H26N2O2/c1-20-17(8-11-21-14-17)13-19-10-5-9-18-16(12-19)15-6-3-2-4-7-15/h2-4,6-7,16,18H,5,8-14H2,1H3. The minimum absolute atomic E-state index is 0.106. The summed E-state index contributed by atoms with van der Waals surface area (Å²) in [5.74, 6) is 0. The van der Waals surface area contributed by atoms with Crippen molar-refractivity contribution in [3.63, 3.8) is 0 Å². The minimum atomic E-state index is -0.106. The van der Waals surface area contributed by atoms with Crippen LogP contribution in [0.2, 0.25) is 0 Å². The van der Waals surface area contributed by atoms with Crippen molar-refractivity contribution in [1.29, 1.82) is 0 Å². The van der Waals surface area contributed by atoms with Crippen LogP contribution < -0.4 is 5.32 Å². The molecule has 0 aromatic heterocycles. The zero-order valence-corrected chi connectivity index (χ0v) is 12.9. The largest absolute Gasteiger partial charge is 0.378 e. The number of ether oxygens (including phenoxy) is 2. The molecule has 116 valence electrons. The highest BCUT2D eigenvalue weighted by Gasteiger charge is 2.37. The molecular weight excluding hydrogens is 264 g/mol. The quantitative estimate of drug-likeness (QED) is 0.917. The minimum Gasteiger partial charge on any atom is -0.378 e. The van der Waals surface area contributed by atoms with E-state index in [1.165, 1.54) is 12.0 Å². The normalized spacial score (nSPS) is 31.2. The van der Waals surface area contributed by atoms with Gasteiger partial charge in [0.2, 0.25) is 0 Å². The smallest absolute Gasteiger partial charge is 0.106 e. The monoisotopic (exact) mass is 290 g/mol. The van der Waals surface area contributed by atoms with Crippen molar-refractivity contribution in [1.82, 2.24) is 10.2 Å². The van der Waals surface area contributed by atoms with Crippen molar-refractivity contribution in [3.05, 3.63) is 35.9 Å². The van der Waals surface area contributed by atoms with E-state index in [1.807, 2.05) is 7.11 Å². The van der Waals surface area contributed by atoms with Gasteiger partial charge >= 0.3 is 0 Å². The van der Waals surface area contributed by atoms with Crippen LogP contribution in [0.25, 0.3) is 0 Å². The van der Waals surface area contributed by atoms with Crippen LogP contribution in [0.5, 0.6) is 0 Å². The van der Waals surface area contributed by atoms with Crippen molar-refractivity contribution in [2.45, 2.75) is 24.5 Å². The highest BCUT2D eigenvalue weighted by atomic mass is 16.5. The number of hydrogen-bond acceptors (Lipinski definition) is 4. The number of hydrogen-bond donors (Lipinski definition) is 1. The third-order valence-corrected chi connectivity index (χ3v) is 4.70. The van der Waals surface area contributed by atoms with E-state index < -0.39 is 0 Å². The lowest BCUT2D eigenvalue weighted by atomic mass is 10.0. The number of nitrogens with one attached hydrogen (secondary N) is 1. The van der Waals surface area contributed by atoms with Crippen molar-refractivity contribution in [2.75, 3.05) is 46.5 Å². The van der Waals surface area contributed by atoms with Crippen molar-refractivity contribution in [2.24, 2.45) is 0 Å². The Balaban J connectivity index is 1.67. The van der Waals surface area contributed by atoms with Crippen LogP contribution in [0, 0.1) is 0 Å². The third-order valence-electron chi connectivity index (χ3n) is 4.70. The number of nitrogens with zero attached hydrogens (tertiary/aromatic N) is 1. The fourth-order valence-electron chi connectivity index (χ4n) is 3.39. The van der Waals surface area contributed by atoms with Crippen LogP contribution in [0.4, 0.5) is 0 Å². The molecule has 2 heterocycles. The molecule has 4 heteroatoms. The molecule has 2 aliphatic heterocycles. The van der Waals surface area contributed by atoms with Crippen molar-refractivity contribution in [3.8, 4) is 0 Å². The SMILES string of the molecule is COC1(CN2CCCNC(c3ccccc3)C2)CCOC1. The van der Waals surface area contributed by atoms with Gasteiger partial charge in [-0.15, -0.1) is 0 Å². The molecule has 3 rings (SSSR count). The Labute approximate surface area is 127 Å². The summed E-state index contributed by atoms with van der Waals surface area (Å²) in [6, 6.07) is 11.2. The van der Waals surface area contributed by atoms with E-state index in [4.69, 9.17) is 9.47 Å². The first-order valence-corrected chi connectivity index (χ1v) is 7.95. The van der Waals surface area contributed by atoms with Crippen LogP contribution in [0.1, 0.15) is 24.4 Å². The second kappa shape index (κ2) is 6.88. The Morgan fingerprint density at radius 2 is 2.24 bits per heavy atom. The van der Waals surface area contributed by atoms with Gasteiger partial charge in [-0.3, -0.25) is 4.90 Å². The van der Waals surface area contributed by atoms with E-state index in [2.05, 4.69) is 40.5 Å². The van der Waals surface area contributed by atoms with E-state index in [0.717, 1.165) is 45.8 Å². The van der Waals surface area contributed by atoms with Crippen molar-refractivity contribution >= 4 is 0 Å². The molecule has 0 aliphatic carbocycles. The fraction of sp³-hybridized carbons (Fsp3) is 0.647. The third kappa shape index (κ3) is 3.64. The van der Waals surface area contributed by atoms with E-state index in [0.29, 0.717) is 6.04 Å². The summed E-state index contributed by atoms with van der Waals surface area (Å²) in [6.45, 7) is 5.75. The summed E-state index contributed by atoms with van der Waals surface area (Å²) in [7, 11) is 1.82. The zero-order valence-electron chi connectivity index (χ0n) is 12.9. The Hall–Kier alpha value is -0.940. The molecule has 21 heavy (non-hydrogen) atoms. The van der Waals surface area contributed by atoms with Gasteiger partial charge in [0.15, 0.2) is 0 Å². The van der Waals surface area contributed by atoms with Gasteiger partial charge < -0.3 is 14.8 Å². The highest BCUT2D eigenvalue weighted by molar-refractivity contribution is 5.19. The van der Waals surface area contributed by atoms with Crippen LogP contribution >= 0.6 is 0 Å². The molecule has 2 aliphatic rings. The highest BCUT2D eigenvalue weighted by Crippen LogP contribution is 2.26. The maximum atomic E-state index is 5.80. The molecule has 0 saturated carbocycles. The summed E-state index contributed by atoms with van der Waals surface area (Å²) in [5.41, 5.74) is 1.27. The predicted octanol–water partition coefficient (Wildman–Crippen LogP) is 1.83. The topological polar surface area (TPSA) is 33.7 Å². The molecule has 2 saturated heterocycles. The Bertz CT molecular complexity index is 432. The summed E-state index contributed by atoms with van der Waals surface area (Å²) in [6.07, 6.45) is 2.19. The lowest BCUT2D eigenvalue weighted by Gasteiger charge is -2.33. The molecule has 2 fully saturated rings. The molecular formula is C17H26N2O2. The summed E-state index contributed by atoms with van der Waals surface area (Å²) in [4.78, 5) is 2.54. The number of benzene rings is 1. The van der Waals surface area contributed by atoms with Crippen LogP contribution in [0.15, 0.2) is 30.3 Å². The van der Waals surface area contributed by atoms with E-state index >= 15 is 0 Å². The molecule has 1 aromatic rings. The fourth-order valence-corrected chi connectivity index (χ4v) is 3.39. The number of rotatable bonds is 4. The van der Waals surface area contributed by atoms with Crippen LogP contribution in [0.3, 0.4) is 0 Å². The van der Waals surface area contributed by atoms with Crippen LogP contribution in [-0.4, -0.2) is 57.0 Å². The van der Waals surface area contributed by atoms with E-state index in [-0.39, 0.29) is 5.60 Å². The molecule has 0 spiro atoms. The maximum Gasteiger partial charge on any atom is 0.106 e. The van der Waals surface area contributed by atoms with Crippen LogP contribution in [-0.2, 0) is 9.47 Å². The average molecular weight is 290 g/mol. The lowest BCUT2D eigenvalue weighted by molar-refractivity contribution is -0.0410. The maximum absolute atomic E-state index is 5.80. The first-order valence-electron chi connectivity index (χ1n) is 7.95. The first-order chi connectivity index (χ1) is 10.3. The van der Waals surface area contributed by atoms with E-state index in [9.17, 15) is 0 Å². The second-order valence-electron chi connectivity index (χ2n) is 6.20. The lowest BCUT2D eigenvalue weighted by Crippen LogP contribution is -2.46. The van der Waals surface area contributed by atoms with Gasteiger partial charge in [-0.2, -0.15) is 0 Å². The molecule has 0 amide bonds. The predicted molar refractivity (Wildman–Crippen MR) is 83.4 cm³/mol. The average Bonchev–Trinajstić information content (AvgIpc) is 2.87. The van der Waals surface area contributed by atoms with Gasteiger partial charge in [-0.25, -0.2) is 0 Å². The summed E-state index contributed by atoms with van der Waals surface area (Å²) >= 11 is 0. The van der Waals surface area contributed by atoms with Crippen molar-refractivity contribution < 1.29 is 9.47 Å². The molecule has 2 atom stereocenters. The zero-order chi connectivity index (χ0) is 14.5. The van der Waals surface area contributed by atoms with Gasteiger partial charge in [0, 0.05) is 39.3 Å². The van der Waals surface area contributed by atoms with Gasteiger partial charge in [0.25, 0.3) is 0 Å². The Kier molecular flexibility index (Phi) is 4.91. The molecule has 0 radical (unpaired) electrons. The van der Waals surface area contributed by atoms with Gasteiger partial charge in [0.05, 0.1) is 6.61 Å². The number of methoxy groups -OCH3 is 1. The molecule has 0 bridgehead atoms. The molecule has 2 unspecified atom stereocenters. The van der Waals surface area contributed by atoms with Gasteiger partial charge in [0.1, 0.15) is 5.60 Å². The Morgan fingerprint density at radius 1 is 1.38 bits per heavy atom. The summed E-state index contributed by atoms with van der Waals surface area (Å²) in [5, 5.41) is 3.67. The molecule has 1 N–H and O–H groups in total. The van der Waals surface area contributed by atoms with Gasteiger partial charge in [-0.05, 0) is 25.1 Å². The second-order valence-corrected chi connectivity index (χ2v) is 6.20. The molecule has 1 aromatic carbocycles. The summed E-state index contributed by atoms with van der Waals surface area (Å²) < 4.78 is 11.4.